The van der Waals surface area contributed by atoms with Crippen LogP contribution < -0.4 is 10.6 Å². The van der Waals surface area contributed by atoms with Crippen molar-refractivity contribution in [3.05, 3.63) is 54.5 Å². The monoisotopic (exact) mass is 256 g/mol. The summed E-state index contributed by atoms with van der Waals surface area (Å²) in [5.41, 5.74) is 8.69. The Labute approximate surface area is 110 Å². The summed E-state index contributed by atoms with van der Waals surface area (Å²) < 4.78 is 18.8. The van der Waals surface area contributed by atoms with E-state index in [9.17, 15) is 4.39 Å². The van der Waals surface area contributed by atoms with E-state index in [1.165, 1.54) is 12.1 Å². The summed E-state index contributed by atoms with van der Waals surface area (Å²) in [6.45, 7) is 0. The summed E-state index contributed by atoms with van der Waals surface area (Å²) in [5.74, 6) is -0.316. The number of hydrogen-bond acceptors (Lipinski definition) is 3. The third-order valence-corrected chi connectivity index (χ3v) is 3.18. The number of halogens is 1. The maximum Gasteiger partial charge on any atom is 0.136 e. The minimum Gasteiger partial charge on any atom is -0.462 e. The molecule has 0 atom stereocenters. The van der Waals surface area contributed by atoms with Crippen LogP contribution in [-0.4, -0.2) is 7.05 Å². The highest BCUT2D eigenvalue weighted by molar-refractivity contribution is 5.94. The summed E-state index contributed by atoms with van der Waals surface area (Å²) in [6, 6.07) is 12.0. The smallest absolute Gasteiger partial charge is 0.136 e. The van der Waals surface area contributed by atoms with Gasteiger partial charge in [-0.3, -0.25) is 0 Å². The second kappa shape index (κ2) is 4.31. The first-order chi connectivity index (χ1) is 9.16. The predicted molar refractivity (Wildman–Crippen MR) is 75.1 cm³/mol. The van der Waals surface area contributed by atoms with Crippen molar-refractivity contribution in [1.82, 2.24) is 0 Å². The predicted octanol–water partition coefficient (Wildman–Crippen LogP) is 3.92. The number of fused-ring (bicyclic) bond motifs is 1. The van der Waals surface area contributed by atoms with Gasteiger partial charge in [0.1, 0.15) is 17.7 Å². The molecule has 0 aliphatic rings. The third kappa shape index (κ3) is 1.91. The number of hydrogen-bond donors (Lipinski definition) is 1. The molecule has 0 aliphatic heterocycles. The van der Waals surface area contributed by atoms with Gasteiger partial charge in [-0.1, -0.05) is 12.1 Å². The molecule has 19 heavy (non-hydrogen) atoms. The van der Waals surface area contributed by atoms with Gasteiger partial charge in [-0.15, -0.1) is 0 Å². The van der Waals surface area contributed by atoms with Crippen LogP contribution >= 0.6 is 0 Å². The van der Waals surface area contributed by atoms with Gasteiger partial charge in [0.25, 0.3) is 0 Å². The van der Waals surface area contributed by atoms with Gasteiger partial charge >= 0.3 is 0 Å². The Bertz CT molecular complexity index is 736. The van der Waals surface area contributed by atoms with Crippen molar-refractivity contribution in [2.24, 2.45) is 0 Å². The van der Waals surface area contributed by atoms with Crippen LogP contribution in [0, 0.1) is 5.82 Å². The van der Waals surface area contributed by atoms with Gasteiger partial charge in [0.2, 0.25) is 0 Å². The van der Waals surface area contributed by atoms with Crippen molar-refractivity contribution in [3.63, 3.8) is 0 Å². The van der Waals surface area contributed by atoms with E-state index < -0.39 is 0 Å². The van der Waals surface area contributed by atoms with Crippen molar-refractivity contribution in [1.29, 1.82) is 0 Å². The van der Waals surface area contributed by atoms with Crippen LogP contribution in [0.4, 0.5) is 21.5 Å². The average molecular weight is 256 g/mol. The van der Waals surface area contributed by atoms with Crippen molar-refractivity contribution >= 4 is 28.0 Å². The van der Waals surface area contributed by atoms with Gasteiger partial charge in [0, 0.05) is 12.4 Å². The molecule has 96 valence electrons. The summed E-state index contributed by atoms with van der Waals surface area (Å²) in [4.78, 5) is 1.82. The van der Waals surface area contributed by atoms with Crippen LogP contribution in [0.5, 0.6) is 0 Å². The van der Waals surface area contributed by atoms with Crippen LogP contribution in [0.1, 0.15) is 0 Å². The molecular weight excluding hydrogens is 243 g/mol. The number of furan rings is 1. The van der Waals surface area contributed by atoms with Crippen LogP contribution in [-0.2, 0) is 0 Å². The largest absolute Gasteiger partial charge is 0.462 e. The van der Waals surface area contributed by atoms with Gasteiger partial charge in [-0.05, 0) is 30.3 Å². The molecule has 0 unspecified atom stereocenters. The van der Waals surface area contributed by atoms with Gasteiger partial charge in [0.15, 0.2) is 0 Å². The number of nitrogens with zero attached hydrogens (tertiary/aromatic N) is 1. The van der Waals surface area contributed by atoms with Crippen LogP contribution in [0.25, 0.3) is 11.0 Å². The Morgan fingerprint density at radius 1 is 1.11 bits per heavy atom. The second-order valence-corrected chi connectivity index (χ2v) is 4.38. The molecule has 0 bridgehead atoms. The van der Waals surface area contributed by atoms with Crippen LogP contribution in [0.2, 0.25) is 0 Å². The Hall–Kier alpha value is -2.49. The lowest BCUT2D eigenvalue weighted by molar-refractivity contribution is 0.615. The lowest BCUT2D eigenvalue weighted by atomic mass is 10.2. The van der Waals surface area contributed by atoms with E-state index in [0.717, 1.165) is 16.7 Å². The van der Waals surface area contributed by atoms with Crippen LogP contribution in [0.3, 0.4) is 0 Å². The summed E-state index contributed by atoms with van der Waals surface area (Å²) in [7, 11) is 1.84. The zero-order chi connectivity index (χ0) is 13.4. The van der Waals surface area contributed by atoms with Crippen molar-refractivity contribution in [2.45, 2.75) is 0 Å². The Balaban J connectivity index is 2.13. The first-order valence-corrected chi connectivity index (χ1v) is 5.92. The van der Waals surface area contributed by atoms with E-state index in [-0.39, 0.29) is 5.82 Å². The van der Waals surface area contributed by atoms with E-state index >= 15 is 0 Å². The van der Waals surface area contributed by atoms with Gasteiger partial charge < -0.3 is 15.1 Å². The molecule has 2 aromatic carbocycles. The van der Waals surface area contributed by atoms with Crippen molar-refractivity contribution in [2.75, 3.05) is 17.7 Å². The van der Waals surface area contributed by atoms with Crippen molar-refractivity contribution in [3.8, 4) is 0 Å². The fourth-order valence-electron chi connectivity index (χ4n) is 2.16. The number of rotatable bonds is 2. The highest BCUT2D eigenvalue weighted by atomic mass is 19.1. The minimum absolute atomic E-state index is 0.316. The SMILES string of the molecule is CN(c1cc(F)ccc1N)c1coc2ccccc12. The van der Waals surface area contributed by atoms with E-state index in [2.05, 4.69) is 0 Å². The summed E-state index contributed by atoms with van der Waals surface area (Å²) in [6.07, 6.45) is 1.65. The Morgan fingerprint density at radius 2 is 1.89 bits per heavy atom. The molecule has 3 aromatic rings. The van der Waals surface area contributed by atoms with Crippen molar-refractivity contribution < 1.29 is 8.81 Å². The third-order valence-electron chi connectivity index (χ3n) is 3.18. The number of para-hydroxylation sites is 1. The fourth-order valence-corrected chi connectivity index (χ4v) is 2.16. The molecule has 1 aromatic heterocycles. The van der Waals surface area contributed by atoms with Crippen LogP contribution in [0.15, 0.2) is 53.1 Å². The first kappa shape index (κ1) is 11.6. The minimum atomic E-state index is -0.316. The zero-order valence-corrected chi connectivity index (χ0v) is 10.4. The summed E-state index contributed by atoms with van der Waals surface area (Å²) in [5, 5.41) is 0.966. The van der Waals surface area contributed by atoms with Gasteiger partial charge in [-0.25, -0.2) is 4.39 Å². The standard InChI is InChI=1S/C15H13FN2O/c1-18(13-8-10(16)6-7-12(13)17)14-9-19-15-5-3-2-4-11(14)15/h2-9H,17H2,1H3. The molecule has 0 spiro atoms. The Morgan fingerprint density at radius 3 is 2.74 bits per heavy atom. The topological polar surface area (TPSA) is 42.4 Å². The molecule has 2 N–H and O–H groups in total. The zero-order valence-electron chi connectivity index (χ0n) is 10.4. The number of benzene rings is 2. The highest BCUT2D eigenvalue weighted by Gasteiger charge is 2.14. The number of anilines is 3. The molecular formula is C15H13FN2O. The normalized spacial score (nSPS) is 10.8. The lowest BCUT2D eigenvalue weighted by Crippen LogP contribution is -2.11. The molecule has 4 heteroatoms. The molecule has 0 fully saturated rings. The fraction of sp³-hybridized carbons (Fsp3) is 0.0667. The molecule has 0 aliphatic carbocycles. The van der Waals surface area contributed by atoms with Gasteiger partial charge in [0.05, 0.1) is 17.1 Å². The number of nitrogens with two attached hydrogens (primary N) is 1. The van der Waals surface area contributed by atoms with Gasteiger partial charge in [-0.2, -0.15) is 0 Å². The maximum atomic E-state index is 13.4. The highest BCUT2D eigenvalue weighted by Crippen LogP contribution is 2.35. The van der Waals surface area contributed by atoms with E-state index in [1.807, 2.05) is 36.2 Å². The van der Waals surface area contributed by atoms with E-state index in [1.54, 1.807) is 12.3 Å². The molecule has 0 radical (unpaired) electrons. The van der Waals surface area contributed by atoms with E-state index in [0.29, 0.717) is 11.4 Å². The average Bonchev–Trinajstić information content (AvgIpc) is 2.84. The molecule has 0 saturated heterocycles. The molecule has 0 saturated carbocycles. The second-order valence-electron chi connectivity index (χ2n) is 4.38. The molecule has 0 amide bonds. The first-order valence-electron chi connectivity index (χ1n) is 5.92. The molecule has 3 nitrogen and oxygen atoms in total. The Kier molecular flexibility index (Phi) is 2.63. The molecule has 1 heterocycles. The maximum absolute atomic E-state index is 13.4. The van der Waals surface area contributed by atoms with E-state index in [4.69, 9.17) is 10.2 Å². The lowest BCUT2D eigenvalue weighted by Gasteiger charge is -2.19. The number of nitrogen functional groups attached to an aromatic ring is 1. The molecule has 3 rings (SSSR count). The summed E-state index contributed by atoms with van der Waals surface area (Å²) >= 11 is 0. The quantitative estimate of drug-likeness (QED) is 0.706.